The van der Waals surface area contributed by atoms with Gasteiger partial charge in [0.25, 0.3) is 5.91 Å². The molecule has 1 aliphatic heterocycles. The van der Waals surface area contributed by atoms with E-state index in [1.165, 1.54) is 11.1 Å². The van der Waals surface area contributed by atoms with Gasteiger partial charge in [-0.2, -0.15) is 0 Å². The van der Waals surface area contributed by atoms with Crippen molar-refractivity contribution in [2.75, 3.05) is 25.4 Å². The van der Waals surface area contributed by atoms with E-state index in [1.54, 1.807) is 11.8 Å². The highest BCUT2D eigenvalue weighted by Crippen LogP contribution is 2.29. The van der Waals surface area contributed by atoms with E-state index in [9.17, 15) is 9.59 Å². The fraction of sp³-hybridized carbons (Fsp3) is 0.324. The van der Waals surface area contributed by atoms with Crippen LogP contribution in [0.3, 0.4) is 0 Å². The summed E-state index contributed by atoms with van der Waals surface area (Å²) in [6.07, 6.45) is 2.16. The Labute approximate surface area is 270 Å². The van der Waals surface area contributed by atoms with Gasteiger partial charge < -0.3 is 14.4 Å². The van der Waals surface area contributed by atoms with Crippen molar-refractivity contribution in [3.63, 3.8) is 0 Å². The first-order valence-corrected chi connectivity index (χ1v) is 16.8. The van der Waals surface area contributed by atoms with Crippen LogP contribution in [0, 0.1) is 6.92 Å². The molecule has 5 aromatic rings. The molecule has 2 amide bonds. The lowest BCUT2D eigenvalue weighted by atomic mass is 10.1. The van der Waals surface area contributed by atoms with E-state index in [-0.39, 0.29) is 17.9 Å². The van der Waals surface area contributed by atoms with E-state index >= 15 is 0 Å². The van der Waals surface area contributed by atoms with Crippen LogP contribution in [0.5, 0.6) is 0 Å². The number of piperazine rings is 1. The summed E-state index contributed by atoms with van der Waals surface area (Å²) >= 11 is 5.07. The van der Waals surface area contributed by atoms with Crippen molar-refractivity contribution >= 4 is 61.6 Å². The predicted molar refractivity (Wildman–Crippen MR) is 179 cm³/mol. The standard InChI is InChI=1S/C34H35BrN6O2S/c1-23-15-16-29-27(20-23)31-32(41(29)22-25-10-4-3-5-11-25)36-34(38-37-31)44-19-9-8-14-30(42)39-17-18-40(24(2)21-39)33(43)26-12-6-7-13-28(26)35/h3-7,10-13,15-16,20,24H,8-9,14,17-19,21-22H2,1-2H3. The molecule has 226 valence electrons. The van der Waals surface area contributed by atoms with Crippen molar-refractivity contribution in [2.24, 2.45) is 0 Å². The maximum atomic E-state index is 13.1. The van der Waals surface area contributed by atoms with Crippen molar-refractivity contribution in [3.8, 4) is 0 Å². The summed E-state index contributed by atoms with van der Waals surface area (Å²) < 4.78 is 3.02. The molecule has 0 spiro atoms. The molecule has 1 atom stereocenters. The predicted octanol–water partition coefficient (Wildman–Crippen LogP) is 6.73. The third-order valence-corrected chi connectivity index (χ3v) is 9.76. The first-order chi connectivity index (χ1) is 21.4. The second kappa shape index (κ2) is 13.5. The molecule has 10 heteroatoms. The highest BCUT2D eigenvalue weighted by molar-refractivity contribution is 9.10. The summed E-state index contributed by atoms with van der Waals surface area (Å²) in [5, 5.41) is 10.8. The van der Waals surface area contributed by atoms with Crippen LogP contribution in [-0.2, 0) is 11.3 Å². The van der Waals surface area contributed by atoms with Gasteiger partial charge in [-0.05, 0) is 72.4 Å². The van der Waals surface area contributed by atoms with Crippen LogP contribution in [0.1, 0.15) is 47.7 Å². The maximum Gasteiger partial charge on any atom is 0.255 e. The Bertz CT molecular complexity index is 1810. The van der Waals surface area contributed by atoms with E-state index in [4.69, 9.17) is 4.98 Å². The molecule has 1 aliphatic rings. The minimum Gasteiger partial charge on any atom is -0.339 e. The third-order valence-electron chi connectivity index (χ3n) is 8.15. The number of hydrogen-bond acceptors (Lipinski definition) is 6. The first kappa shape index (κ1) is 30.3. The number of benzene rings is 3. The third kappa shape index (κ3) is 6.51. The normalized spacial score (nSPS) is 15.3. The lowest BCUT2D eigenvalue weighted by Gasteiger charge is -2.40. The highest BCUT2D eigenvalue weighted by atomic mass is 79.9. The zero-order valence-electron chi connectivity index (χ0n) is 24.9. The molecule has 0 saturated carbocycles. The monoisotopic (exact) mass is 670 g/mol. The molecule has 6 rings (SSSR count). The van der Waals surface area contributed by atoms with Crippen LogP contribution >= 0.6 is 27.7 Å². The van der Waals surface area contributed by atoms with Crippen LogP contribution in [0.2, 0.25) is 0 Å². The average molecular weight is 672 g/mol. The topological polar surface area (TPSA) is 84.2 Å². The molecule has 0 bridgehead atoms. The summed E-state index contributed by atoms with van der Waals surface area (Å²) in [7, 11) is 0. The van der Waals surface area contributed by atoms with Gasteiger partial charge in [0.05, 0.1) is 11.1 Å². The van der Waals surface area contributed by atoms with Gasteiger partial charge in [0, 0.05) is 54.3 Å². The van der Waals surface area contributed by atoms with Crippen molar-refractivity contribution < 1.29 is 9.59 Å². The van der Waals surface area contributed by atoms with Crippen molar-refractivity contribution in [1.29, 1.82) is 0 Å². The molecule has 8 nitrogen and oxygen atoms in total. The van der Waals surface area contributed by atoms with Gasteiger partial charge in [-0.25, -0.2) is 4.98 Å². The quantitative estimate of drug-likeness (QED) is 0.128. The van der Waals surface area contributed by atoms with Crippen LogP contribution in [-0.4, -0.2) is 72.8 Å². The molecule has 0 N–H and O–H groups in total. The van der Waals surface area contributed by atoms with Gasteiger partial charge in [0.2, 0.25) is 11.1 Å². The number of aromatic nitrogens is 4. The summed E-state index contributed by atoms with van der Waals surface area (Å²) in [6, 6.07) is 24.2. The second-order valence-electron chi connectivity index (χ2n) is 11.3. The molecular formula is C34H35BrN6O2S. The number of carbonyl (C=O) groups is 2. The fourth-order valence-corrected chi connectivity index (χ4v) is 7.05. The first-order valence-electron chi connectivity index (χ1n) is 15.0. The van der Waals surface area contributed by atoms with Gasteiger partial charge in [-0.3, -0.25) is 9.59 Å². The molecule has 0 aliphatic carbocycles. The molecule has 1 fully saturated rings. The zero-order valence-corrected chi connectivity index (χ0v) is 27.4. The largest absolute Gasteiger partial charge is 0.339 e. The number of fused-ring (bicyclic) bond motifs is 3. The van der Waals surface area contributed by atoms with E-state index in [0.29, 0.717) is 43.3 Å². The van der Waals surface area contributed by atoms with Crippen LogP contribution in [0.4, 0.5) is 0 Å². The summed E-state index contributed by atoms with van der Waals surface area (Å²) in [5.74, 6) is 0.956. The Morgan fingerprint density at radius 2 is 1.77 bits per heavy atom. The number of rotatable bonds is 9. The minimum atomic E-state index is -0.0381. The molecule has 44 heavy (non-hydrogen) atoms. The van der Waals surface area contributed by atoms with Crippen LogP contribution in [0.15, 0.2) is 82.4 Å². The second-order valence-corrected chi connectivity index (χ2v) is 13.2. The lowest BCUT2D eigenvalue weighted by Crippen LogP contribution is -2.55. The van der Waals surface area contributed by atoms with E-state index in [2.05, 4.69) is 80.1 Å². The van der Waals surface area contributed by atoms with Crippen molar-refractivity contribution in [2.45, 2.75) is 50.9 Å². The Balaban J connectivity index is 1.03. The number of hydrogen-bond donors (Lipinski definition) is 0. The summed E-state index contributed by atoms with van der Waals surface area (Å²) in [6.45, 7) is 6.46. The minimum absolute atomic E-state index is 0.000423. The number of amides is 2. The molecule has 1 unspecified atom stereocenters. The van der Waals surface area contributed by atoms with Gasteiger partial charge in [0.1, 0.15) is 5.52 Å². The molecule has 1 saturated heterocycles. The average Bonchev–Trinajstić information content (AvgIpc) is 3.32. The molecule has 0 radical (unpaired) electrons. The summed E-state index contributed by atoms with van der Waals surface area (Å²) in [4.78, 5) is 34.8. The van der Waals surface area contributed by atoms with Gasteiger partial charge in [-0.1, -0.05) is 65.9 Å². The number of nitrogens with zero attached hydrogens (tertiary/aromatic N) is 6. The highest BCUT2D eigenvalue weighted by Gasteiger charge is 2.30. The lowest BCUT2D eigenvalue weighted by molar-refractivity contribution is -0.133. The van der Waals surface area contributed by atoms with Gasteiger partial charge in [-0.15, -0.1) is 10.2 Å². The number of carbonyl (C=O) groups excluding carboxylic acids is 2. The van der Waals surface area contributed by atoms with Crippen LogP contribution in [0.25, 0.3) is 22.1 Å². The van der Waals surface area contributed by atoms with Crippen LogP contribution < -0.4 is 0 Å². The summed E-state index contributed by atoms with van der Waals surface area (Å²) in [5.41, 5.74) is 5.80. The number of halogens is 1. The van der Waals surface area contributed by atoms with Gasteiger partial charge >= 0.3 is 0 Å². The molecule has 2 aromatic heterocycles. The Kier molecular flexibility index (Phi) is 9.28. The van der Waals surface area contributed by atoms with E-state index in [0.717, 1.165) is 45.1 Å². The Morgan fingerprint density at radius 3 is 2.57 bits per heavy atom. The maximum absolute atomic E-state index is 13.1. The fourth-order valence-electron chi connectivity index (χ4n) is 5.82. The molecule has 3 heterocycles. The molecular weight excluding hydrogens is 636 g/mol. The Morgan fingerprint density at radius 1 is 0.977 bits per heavy atom. The zero-order chi connectivity index (χ0) is 30.6. The number of thioether (sulfide) groups is 1. The van der Waals surface area contributed by atoms with Crippen molar-refractivity contribution in [1.82, 2.24) is 29.5 Å². The van der Waals surface area contributed by atoms with E-state index in [1.807, 2.05) is 47.1 Å². The number of unbranched alkanes of at least 4 members (excludes halogenated alkanes) is 1. The molecule has 3 aromatic carbocycles. The SMILES string of the molecule is Cc1ccc2c(c1)c1nnc(SCCCCC(=O)N3CCN(C(=O)c4ccccc4Br)C(C)C3)nc1n2Cc1ccccc1. The van der Waals surface area contributed by atoms with Gasteiger partial charge in [0.15, 0.2) is 5.65 Å². The van der Waals surface area contributed by atoms with Crippen molar-refractivity contribution in [3.05, 3.63) is 94.0 Å². The van der Waals surface area contributed by atoms with E-state index < -0.39 is 0 Å². The number of aryl methyl sites for hydroxylation is 1. The Hall–Kier alpha value is -3.76. The smallest absolute Gasteiger partial charge is 0.255 e.